The fourth-order valence-electron chi connectivity index (χ4n) is 5.77. The summed E-state index contributed by atoms with van der Waals surface area (Å²) in [5.74, 6) is -2.84. The molecular weight excluding hydrogens is 503 g/mol. The fourth-order valence-corrected chi connectivity index (χ4v) is 5.77. The summed E-state index contributed by atoms with van der Waals surface area (Å²) < 4.78 is 53.7. The Morgan fingerprint density at radius 3 is 2.45 bits per heavy atom. The number of esters is 1. The van der Waals surface area contributed by atoms with Crippen molar-refractivity contribution in [2.45, 2.75) is 105 Å². The third-order valence-electron chi connectivity index (χ3n) is 8.71. The van der Waals surface area contributed by atoms with E-state index in [0.717, 1.165) is 0 Å². The van der Waals surface area contributed by atoms with E-state index in [2.05, 4.69) is 4.98 Å². The molecule has 2 aliphatic rings. The van der Waals surface area contributed by atoms with Crippen LogP contribution in [0.5, 0.6) is 0 Å². The summed E-state index contributed by atoms with van der Waals surface area (Å²) in [5, 5.41) is 21.6. The van der Waals surface area contributed by atoms with Crippen LogP contribution >= 0.6 is 0 Å². The number of nitrogens with zero attached hydrogens (tertiary/aromatic N) is 1. The first-order valence-electron chi connectivity index (χ1n) is 13.3. The van der Waals surface area contributed by atoms with Gasteiger partial charge in [0.15, 0.2) is 5.89 Å². The van der Waals surface area contributed by atoms with Crippen molar-refractivity contribution < 1.29 is 42.1 Å². The van der Waals surface area contributed by atoms with E-state index in [4.69, 9.17) is 9.15 Å². The van der Waals surface area contributed by atoms with Crippen molar-refractivity contribution in [1.29, 1.82) is 0 Å². The van der Waals surface area contributed by atoms with Crippen molar-refractivity contribution in [2.24, 2.45) is 28.6 Å². The van der Waals surface area contributed by atoms with E-state index >= 15 is 0 Å². The van der Waals surface area contributed by atoms with Crippen molar-refractivity contribution in [3.63, 3.8) is 0 Å². The number of hydrogen-bond acceptors (Lipinski definition) is 7. The van der Waals surface area contributed by atoms with E-state index in [-0.39, 0.29) is 25.7 Å². The third-order valence-corrected chi connectivity index (χ3v) is 8.71. The number of ether oxygens (including phenoxy) is 1. The Balaban J connectivity index is 1.94. The number of oxazole rings is 1. The number of carbonyl (C=O) groups is 2. The molecule has 38 heavy (non-hydrogen) atoms. The van der Waals surface area contributed by atoms with E-state index in [1.54, 1.807) is 33.8 Å². The van der Waals surface area contributed by atoms with Gasteiger partial charge in [-0.2, -0.15) is 13.2 Å². The molecule has 10 heteroatoms. The van der Waals surface area contributed by atoms with Crippen LogP contribution in [0.25, 0.3) is 6.08 Å². The molecule has 0 spiro atoms. The number of halogens is 3. The second-order valence-electron chi connectivity index (χ2n) is 11.9. The first-order chi connectivity index (χ1) is 17.5. The molecule has 214 valence electrons. The Labute approximate surface area is 221 Å². The smallest absolute Gasteiger partial charge is 0.394 e. The first-order valence-corrected chi connectivity index (χ1v) is 13.3. The summed E-state index contributed by atoms with van der Waals surface area (Å²) in [7, 11) is 0. The number of aromatic nitrogens is 1. The Hall–Kier alpha value is -2.20. The molecule has 1 aromatic rings. The Morgan fingerprint density at radius 1 is 1.21 bits per heavy atom. The van der Waals surface area contributed by atoms with Crippen LogP contribution in [0.15, 0.2) is 16.3 Å². The molecule has 2 N–H and O–H groups in total. The van der Waals surface area contributed by atoms with Gasteiger partial charge in [0.25, 0.3) is 0 Å². The van der Waals surface area contributed by atoms with Gasteiger partial charge in [-0.1, -0.05) is 34.1 Å². The van der Waals surface area contributed by atoms with Gasteiger partial charge in [-0.25, -0.2) is 4.98 Å². The van der Waals surface area contributed by atoms with Gasteiger partial charge in [0.2, 0.25) is 0 Å². The third kappa shape index (κ3) is 6.33. The zero-order valence-corrected chi connectivity index (χ0v) is 23.0. The number of Topliss-reactive ketones (excluding diaryl/α,β-unsaturated/α-hetero) is 1. The van der Waals surface area contributed by atoms with Crippen LogP contribution in [0.1, 0.15) is 84.7 Å². The average molecular weight is 544 g/mol. The molecule has 2 fully saturated rings. The minimum absolute atomic E-state index is 0.0297. The Morgan fingerprint density at radius 2 is 1.87 bits per heavy atom. The quantitative estimate of drug-likeness (QED) is 0.479. The number of cyclic esters (lactones) is 1. The lowest BCUT2D eigenvalue weighted by molar-refractivity contribution is -0.195. The number of alkyl halides is 3. The molecule has 1 saturated heterocycles. The standard InChI is InChI=1S/C28H40F3NO6/c1-15-8-7-9-27(28(29,30)31)13-19(27)11-21(16(2)10-20-14-37-18(4)32-20)38-23(34)12-22(33)26(5,6)25(36)17(3)24(15)35/h10,14-15,17,19,21-22,24,33,35H,7-9,11-13H2,1-6H3/t15-,17+,19?,21-,22-,24-,27?/m0/s1. The zero-order valence-electron chi connectivity index (χ0n) is 23.0. The molecule has 1 aromatic heterocycles. The summed E-state index contributed by atoms with van der Waals surface area (Å²) in [6.45, 7) is 9.62. The van der Waals surface area contributed by atoms with E-state index in [1.165, 1.54) is 20.1 Å². The van der Waals surface area contributed by atoms with Crippen LogP contribution in [0.2, 0.25) is 0 Å². The highest BCUT2D eigenvalue weighted by Crippen LogP contribution is 2.67. The molecule has 0 aromatic carbocycles. The second-order valence-corrected chi connectivity index (χ2v) is 11.9. The van der Waals surface area contributed by atoms with Crippen molar-refractivity contribution in [1.82, 2.24) is 4.98 Å². The molecule has 1 aliphatic carbocycles. The topological polar surface area (TPSA) is 110 Å². The van der Waals surface area contributed by atoms with E-state index in [0.29, 0.717) is 23.6 Å². The molecule has 0 bridgehead atoms. The predicted molar refractivity (Wildman–Crippen MR) is 134 cm³/mol. The normalized spacial score (nSPS) is 35.9. The van der Waals surface area contributed by atoms with Gasteiger partial charge in [0, 0.05) is 12.8 Å². The van der Waals surface area contributed by atoms with Crippen molar-refractivity contribution >= 4 is 17.8 Å². The van der Waals surface area contributed by atoms with E-state index in [1.807, 2.05) is 0 Å². The van der Waals surface area contributed by atoms with Gasteiger partial charge in [-0.15, -0.1) is 0 Å². The average Bonchev–Trinajstić information content (AvgIpc) is 3.38. The van der Waals surface area contributed by atoms with Crippen molar-refractivity contribution in [3.8, 4) is 0 Å². The highest BCUT2D eigenvalue weighted by Gasteiger charge is 2.69. The van der Waals surface area contributed by atoms with E-state index in [9.17, 15) is 33.0 Å². The summed E-state index contributed by atoms with van der Waals surface area (Å²) in [4.78, 5) is 30.3. The Kier molecular flexibility index (Phi) is 8.88. The predicted octanol–water partition coefficient (Wildman–Crippen LogP) is 5.42. The lowest BCUT2D eigenvalue weighted by Gasteiger charge is -2.34. The maximum absolute atomic E-state index is 14.3. The number of fused-ring (bicyclic) bond motifs is 1. The molecule has 0 amide bonds. The largest absolute Gasteiger partial charge is 0.458 e. The monoisotopic (exact) mass is 543 g/mol. The first kappa shape index (κ1) is 30.3. The van der Waals surface area contributed by atoms with Crippen molar-refractivity contribution in [3.05, 3.63) is 23.4 Å². The molecular formula is C28H40F3NO6. The molecule has 7 atom stereocenters. The van der Waals surface area contributed by atoms with Gasteiger partial charge in [-0.3, -0.25) is 9.59 Å². The summed E-state index contributed by atoms with van der Waals surface area (Å²) in [6.07, 6.45) is -5.01. The molecule has 1 saturated carbocycles. The number of carbonyl (C=O) groups excluding carboxylic acids is 2. The van der Waals surface area contributed by atoms with Gasteiger partial charge >= 0.3 is 12.1 Å². The van der Waals surface area contributed by atoms with Crippen LogP contribution < -0.4 is 0 Å². The van der Waals surface area contributed by atoms with Crippen LogP contribution in [0.4, 0.5) is 13.2 Å². The van der Waals surface area contributed by atoms with Crippen molar-refractivity contribution in [2.75, 3.05) is 0 Å². The van der Waals surface area contributed by atoms with Gasteiger partial charge in [0.05, 0.1) is 29.5 Å². The molecule has 3 rings (SSSR count). The van der Waals surface area contributed by atoms with Gasteiger partial charge < -0.3 is 19.4 Å². The van der Waals surface area contributed by atoms with Crippen LogP contribution in [-0.4, -0.2) is 51.4 Å². The maximum atomic E-state index is 14.3. The van der Waals surface area contributed by atoms with Gasteiger partial charge in [0.1, 0.15) is 23.8 Å². The Bertz CT molecular complexity index is 1050. The molecule has 0 radical (unpaired) electrons. The lowest BCUT2D eigenvalue weighted by Crippen LogP contribution is -2.45. The number of ketones is 1. The van der Waals surface area contributed by atoms with Crippen LogP contribution in [-0.2, 0) is 14.3 Å². The van der Waals surface area contributed by atoms with E-state index < -0.39 is 71.2 Å². The van der Waals surface area contributed by atoms with Crippen LogP contribution in [0.3, 0.4) is 0 Å². The number of rotatable bonds is 2. The number of hydrogen-bond donors (Lipinski definition) is 2. The van der Waals surface area contributed by atoms with Gasteiger partial charge in [-0.05, 0) is 56.1 Å². The molecule has 1 aliphatic heterocycles. The highest BCUT2D eigenvalue weighted by molar-refractivity contribution is 5.88. The SMILES string of the molecule is CC(=Cc1coc(C)n1)[C@@H]1CC2CC2(C(F)(F)F)CCC[C@H](C)[C@H](O)[C@@H](C)C(=O)C(C)(C)[C@@H](O)CC(=O)O1. The minimum atomic E-state index is -4.43. The molecule has 7 nitrogen and oxygen atoms in total. The number of aliphatic hydroxyl groups excluding tert-OH is 2. The fraction of sp³-hybridized carbons (Fsp3) is 0.750. The molecule has 2 unspecified atom stereocenters. The highest BCUT2D eigenvalue weighted by atomic mass is 19.4. The summed E-state index contributed by atoms with van der Waals surface area (Å²) in [5.41, 5.74) is -2.27. The molecule has 2 heterocycles. The lowest BCUT2D eigenvalue weighted by atomic mass is 9.73. The maximum Gasteiger partial charge on any atom is 0.394 e. The zero-order chi connectivity index (χ0) is 28.6. The minimum Gasteiger partial charge on any atom is -0.458 e. The number of aryl methyl sites for hydroxylation is 1. The number of aliphatic hydroxyl groups is 2. The summed E-state index contributed by atoms with van der Waals surface area (Å²) in [6, 6.07) is 0. The summed E-state index contributed by atoms with van der Waals surface area (Å²) >= 11 is 0. The van der Waals surface area contributed by atoms with Crippen LogP contribution in [0, 0.1) is 35.5 Å². The second kappa shape index (κ2) is 11.1.